The molecule has 0 bridgehead atoms. The quantitative estimate of drug-likeness (QED) is 0.718. The lowest BCUT2D eigenvalue weighted by Crippen LogP contribution is -2.37. The largest absolute Gasteiger partial charge is 0.378 e. The number of benzene rings is 1. The molecule has 1 fully saturated rings. The van der Waals surface area contributed by atoms with Crippen molar-refractivity contribution in [3.05, 3.63) is 30.0 Å². The van der Waals surface area contributed by atoms with Crippen molar-refractivity contribution >= 4 is 28.9 Å². The summed E-state index contributed by atoms with van der Waals surface area (Å²) in [5.41, 5.74) is 5.09. The van der Waals surface area contributed by atoms with E-state index in [0.29, 0.717) is 13.2 Å². The van der Waals surface area contributed by atoms with Crippen molar-refractivity contribution in [3.8, 4) is 11.3 Å². The molecule has 0 spiro atoms. The summed E-state index contributed by atoms with van der Waals surface area (Å²) in [5.74, 6) is 0.735. The van der Waals surface area contributed by atoms with Gasteiger partial charge in [0.25, 0.3) is 0 Å². The third-order valence-electron chi connectivity index (χ3n) is 4.77. The topological polar surface area (TPSA) is 68.4 Å². The number of hydrogen-bond donors (Lipinski definition) is 0. The molecule has 4 heterocycles. The fourth-order valence-electron chi connectivity index (χ4n) is 3.38. The number of aliphatic imine (C=N–C) groups is 1. The van der Waals surface area contributed by atoms with E-state index in [9.17, 15) is 0 Å². The summed E-state index contributed by atoms with van der Waals surface area (Å²) in [6.07, 6.45) is 4.69. The number of nitrogens with zero attached hydrogens (tertiary/aromatic N) is 6. The SMILES string of the molecule is Cn1ncc2c(-c3ccc4c(c3)N=CC4)nc(N3CCOCC3)nc21. The number of ether oxygens (including phenoxy) is 1. The average Bonchev–Trinajstić information content (AvgIpc) is 3.28. The maximum Gasteiger partial charge on any atom is 0.228 e. The van der Waals surface area contributed by atoms with Crippen LogP contribution in [0.1, 0.15) is 5.56 Å². The molecule has 5 rings (SSSR count). The molecule has 0 aliphatic carbocycles. The predicted molar refractivity (Wildman–Crippen MR) is 96.6 cm³/mol. The zero-order chi connectivity index (χ0) is 16.8. The van der Waals surface area contributed by atoms with Crippen molar-refractivity contribution in [2.75, 3.05) is 31.2 Å². The van der Waals surface area contributed by atoms with Gasteiger partial charge >= 0.3 is 0 Å². The molecule has 25 heavy (non-hydrogen) atoms. The van der Waals surface area contributed by atoms with Gasteiger partial charge in [0.1, 0.15) is 0 Å². The molecule has 126 valence electrons. The summed E-state index contributed by atoms with van der Waals surface area (Å²) in [7, 11) is 1.91. The Bertz CT molecular complexity index is 987. The van der Waals surface area contributed by atoms with Crippen LogP contribution in [-0.4, -0.2) is 52.3 Å². The van der Waals surface area contributed by atoms with Crippen molar-refractivity contribution in [1.82, 2.24) is 19.7 Å². The first-order valence-corrected chi connectivity index (χ1v) is 8.48. The lowest BCUT2D eigenvalue weighted by atomic mass is 10.0. The number of aromatic nitrogens is 4. The Morgan fingerprint density at radius 2 is 2.00 bits per heavy atom. The molecule has 3 aromatic rings. The first-order valence-electron chi connectivity index (χ1n) is 8.48. The number of aryl methyl sites for hydroxylation is 1. The highest BCUT2D eigenvalue weighted by atomic mass is 16.5. The van der Waals surface area contributed by atoms with Gasteiger partial charge in [-0.25, -0.2) is 4.98 Å². The second-order valence-corrected chi connectivity index (χ2v) is 6.34. The molecule has 0 atom stereocenters. The van der Waals surface area contributed by atoms with E-state index in [-0.39, 0.29) is 0 Å². The third-order valence-corrected chi connectivity index (χ3v) is 4.77. The average molecular weight is 334 g/mol. The van der Waals surface area contributed by atoms with Crippen LogP contribution in [0.3, 0.4) is 0 Å². The lowest BCUT2D eigenvalue weighted by molar-refractivity contribution is 0.122. The minimum absolute atomic E-state index is 0.704. The first kappa shape index (κ1) is 14.5. The molecular weight excluding hydrogens is 316 g/mol. The molecule has 0 saturated carbocycles. The van der Waals surface area contributed by atoms with Gasteiger partial charge in [-0.3, -0.25) is 9.67 Å². The van der Waals surface area contributed by atoms with E-state index in [1.54, 1.807) is 4.68 Å². The summed E-state index contributed by atoms with van der Waals surface area (Å²) in [6, 6.07) is 6.36. The van der Waals surface area contributed by atoms with E-state index in [4.69, 9.17) is 14.7 Å². The minimum Gasteiger partial charge on any atom is -0.378 e. The zero-order valence-corrected chi connectivity index (χ0v) is 14.0. The maximum atomic E-state index is 5.45. The highest BCUT2D eigenvalue weighted by Crippen LogP contribution is 2.33. The molecule has 0 amide bonds. The third kappa shape index (κ3) is 2.39. The van der Waals surface area contributed by atoms with Gasteiger partial charge in [0.15, 0.2) is 5.65 Å². The van der Waals surface area contributed by atoms with Gasteiger partial charge in [0.2, 0.25) is 5.95 Å². The molecule has 2 aromatic heterocycles. The van der Waals surface area contributed by atoms with E-state index in [0.717, 1.165) is 53.4 Å². The van der Waals surface area contributed by atoms with Gasteiger partial charge in [-0.05, 0) is 11.6 Å². The Morgan fingerprint density at radius 3 is 2.88 bits per heavy atom. The number of morpholine rings is 1. The van der Waals surface area contributed by atoms with Gasteiger partial charge in [0.05, 0.1) is 36.2 Å². The van der Waals surface area contributed by atoms with Crippen LogP contribution in [0.4, 0.5) is 11.6 Å². The fraction of sp³-hybridized carbons (Fsp3) is 0.333. The molecule has 0 unspecified atom stereocenters. The van der Waals surface area contributed by atoms with Crippen LogP contribution in [0.2, 0.25) is 0 Å². The van der Waals surface area contributed by atoms with E-state index >= 15 is 0 Å². The van der Waals surface area contributed by atoms with E-state index in [1.165, 1.54) is 5.56 Å². The summed E-state index contributed by atoms with van der Waals surface area (Å²) in [6.45, 7) is 3.01. The molecule has 7 nitrogen and oxygen atoms in total. The second kappa shape index (κ2) is 5.63. The standard InChI is InChI=1S/C18H18N6O/c1-23-17-14(11-20-23)16(13-3-2-12-4-5-19-15(12)10-13)21-18(22-17)24-6-8-25-9-7-24/h2-3,5,10-11H,4,6-9H2,1H3. The van der Waals surface area contributed by atoms with Crippen LogP contribution in [-0.2, 0) is 18.2 Å². The van der Waals surface area contributed by atoms with E-state index < -0.39 is 0 Å². The monoisotopic (exact) mass is 334 g/mol. The van der Waals surface area contributed by atoms with Crippen LogP contribution in [0.15, 0.2) is 29.4 Å². The molecule has 2 aliphatic heterocycles. The Hall–Kier alpha value is -2.80. The van der Waals surface area contributed by atoms with Gasteiger partial charge in [-0.2, -0.15) is 10.1 Å². The van der Waals surface area contributed by atoms with Gasteiger partial charge in [-0.1, -0.05) is 12.1 Å². The predicted octanol–water partition coefficient (Wildman–Crippen LogP) is 2.13. The van der Waals surface area contributed by atoms with Crippen LogP contribution < -0.4 is 4.90 Å². The van der Waals surface area contributed by atoms with Crippen LogP contribution in [0.5, 0.6) is 0 Å². The molecule has 0 radical (unpaired) electrons. The van der Waals surface area contributed by atoms with Crippen molar-refractivity contribution in [1.29, 1.82) is 0 Å². The number of hydrogen-bond acceptors (Lipinski definition) is 6. The van der Waals surface area contributed by atoms with Crippen molar-refractivity contribution < 1.29 is 4.74 Å². The molecular formula is C18H18N6O. The number of fused-ring (bicyclic) bond motifs is 2. The van der Waals surface area contributed by atoms with Gasteiger partial charge < -0.3 is 9.64 Å². The number of rotatable bonds is 2. The summed E-state index contributed by atoms with van der Waals surface area (Å²) < 4.78 is 7.25. The minimum atomic E-state index is 0.704. The molecule has 7 heteroatoms. The Kier molecular flexibility index (Phi) is 3.27. The van der Waals surface area contributed by atoms with E-state index in [1.807, 2.05) is 19.5 Å². The zero-order valence-electron chi connectivity index (χ0n) is 14.0. The highest BCUT2D eigenvalue weighted by molar-refractivity contribution is 5.92. The Morgan fingerprint density at radius 1 is 1.12 bits per heavy atom. The smallest absolute Gasteiger partial charge is 0.228 e. The van der Waals surface area contributed by atoms with Crippen molar-refractivity contribution in [2.24, 2.45) is 12.0 Å². The lowest BCUT2D eigenvalue weighted by Gasteiger charge is -2.27. The molecule has 2 aliphatic rings. The highest BCUT2D eigenvalue weighted by Gasteiger charge is 2.20. The molecule has 1 aromatic carbocycles. The molecule has 1 saturated heterocycles. The molecule has 0 N–H and O–H groups in total. The fourth-order valence-corrected chi connectivity index (χ4v) is 3.38. The van der Waals surface area contributed by atoms with E-state index in [2.05, 4.69) is 33.2 Å². The second-order valence-electron chi connectivity index (χ2n) is 6.34. The van der Waals surface area contributed by atoms with Gasteiger partial charge in [-0.15, -0.1) is 0 Å². The van der Waals surface area contributed by atoms with Gasteiger partial charge in [0, 0.05) is 38.3 Å². The number of anilines is 1. The van der Waals surface area contributed by atoms with Crippen LogP contribution >= 0.6 is 0 Å². The van der Waals surface area contributed by atoms with Crippen LogP contribution in [0.25, 0.3) is 22.3 Å². The van der Waals surface area contributed by atoms with Crippen molar-refractivity contribution in [3.63, 3.8) is 0 Å². The summed E-state index contributed by atoms with van der Waals surface area (Å²) in [4.78, 5) is 16.3. The summed E-state index contributed by atoms with van der Waals surface area (Å²) >= 11 is 0. The normalized spacial score (nSPS) is 16.6. The Balaban J connectivity index is 1.69. The Labute approximate surface area is 145 Å². The summed E-state index contributed by atoms with van der Waals surface area (Å²) in [5, 5.41) is 5.34. The first-order chi connectivity index (χ1) is 12.3. The van der Waals surface area contributed by atoms with Crippen LogP contribution in [0, 0.1) is 0 Å². The van der Waals surface area contributed by atoms with Crippen molar-refractivity contribution in [2.45, 2.75) is 6.42 Å². The maximum absolute atomic E-state index is 5.45.